The quantitative estimate of drug-likeness (QED) is 0.772. The zero-order valence-corrected chi connectivity index (χ0v) is 13.5. The molecule has 1 aromatic carbocycles. The van der Waals surface area contributed by atoms with Crippen molar-refractivity contribution in [2.45, 2.75) is 24.2 Å². The number of carbonyl (C=O) groups excluding carboxylic acids is 2. The number of fused-ring (bicyclic) bond motifs is 1. The largest absolute Gasteiger partial charge is 0.550 e. The van der Waals surface area contributed by atoms with Gasteiger partial charge in [0.25, 0.3) is 0 Å². The minimum absolute atomic E-state index is 0.273. The Hall–Kier alpha value is -2.11. The van der Waals surface area contributed by atoms with Crippen LogP contribution in [0.15, 0.2) is 49.1 Å². The van der Waals surface area contributed by atoms with Crippen LogP contribution >= 0.6 is 11.6 Å². The van der Waals surface area contributed by atoms with E-state index in [0.29, 0.717) is 17.1 Å². The Balaban J connectivity index is 1.85. The van der Waals surface area contributed by atoms with E-state index < -0.39 is 29.5 Å². The average molecular weight is 345 g/mol. The van der Waals surface area contributed by atoms with Crippen LogP contribution in [0.4, 0.5) is 5.69 Å². The summed E-state index contributed by atoms with van der Waals surface area (Å²) in [5.41, 5.74) is -0.330. The lowest BCUT2D eigenvalue weighted by Gasteiger charge is -2.32. The van der Waals surface area contributed by atoms with Crippen molar-refractivity contribution in [2.75, 3.05) is 4.90 Å². The molecule has 0 N–H and O–H groups in total. The van der Waals surface area contributed by atoms with Gasteiger partial charge in [0.1, 0.15) is 5.60 Å². The van der Waals surface area contributed by atoms with Crippen LogP contribution in [-0.2, 0) is 14.3 Å². The molecule has 3 aliphatic rings. The Bertz CT molecular complexity index is 776. The normalized spacial score (nSPS) is 36.2. The third kappa shape index (κ3) is 1.85. The number of hydrogen-bond donors (Lipinski definition) is 0. The first-order valence-corrected chi connectivity index (χ1v) is 8.15. The number of anilines is 1. The number of nitrogens with zero attached hydrogens (tertiary/aromatic N) is 1. The second-order valence-corrected chi connectivity index (χ2v) is 6.78. The summed E-state index contributed by atoms with van der Waals surface area (Å²) in [5.74, 6) is -3.29. The van der Waals surface area contributed by atoms with Gasteiger partial charge in [-0.1, -0.05) is 35.9 Å². The third-order valence-electron chi connectivity index (χ3n) is 5.17. The van der Waals surface area contributed by atoms with Gasteiger partial charge in [-0.2, -0.15) is 0 Å². The fraction of sp³-hybridized carbons (Fsp3) is 0.333. The molecule has 3 aliphatic heterocycles. The van der Waals surface area contributed by atoms with Crippen LogP contribution in [0, 0.1) is 11.8 Å². The van der Waals surface area contributed by atoms with Gasteiger partial charge >= 0.3 is 0 Å². The molecule has 2 fully saturated rings. The summed E-state index contributed by atoms with van der Waals surface area (Å²) < 4.78 is 6.00. The summed E-state index contributed by atoms with van der Waals surface area (Å²) in [6.45, 7) is 3.77. The molecule has 1 aromatic rings. The van der Waals surface area contributed by atoms with Crippen LogP contribution < -0.4 is 10.0 Å². The first kappa shape index (κ1) is 15.4. The van der Waals surface area contributed by atoms with Gasteiger partial charge in [0.15, 0.2) is 0 Å². The van der Waals surface area contributed by atoms with E-state index in [1.54, 1.807) is 41.3 Å². The maximum atomic E-state index is 13.1. The number of hydrogen-bond acceptors (Lipinski definition) is 4. The first-order chi connectivity index (χ1) is 11.5. The molecular formula is C18H15ClNO4-. The Kier molecular flexibility index (Phi) is 3.34. The van der Waals surface area contributed by atoms with Crippen molar-refractivity contribution in [3.8, 4) is 0 Å². The molecule has 5 atom stereocenters. The molecule has 1 amide bonds. The van der Waals surface area contributed by atoms with Gasteiger partial charge in [0.2, 0.25) is 5.91 Å². The lowest BCUT2D eigenvalue weighted by atomic mass is 9.74. The lowest BCUT2D eigenvalue weighted by molar-refractivity contribution is -0.313. The smallest absolute Gasteiger partial charge is 0.234 e. The van der Waals surface area contributed by atoms with Gasteiger partial charge in [-0.3, -0.25) is 4.79 Å². The number of carboxylic acid groups (broad SMARTS) is 1. The summed E-state index contributed by atoms with van der Waals surface area (Å²) in [4.78, 5) is 26.3. The number of ether oxygens (including phenoxy) is 1. The van der Waals surface area contributed by atoms with E-state index in [0.717, 1.165) is 0 Å². The highest BCUT2D eigenvalue weighted by Crippen LogP contribution is 2.56. The van der Waals surface area contributed by atoms with E-state index in [-0.39, 0.29) is 11.9 Å². The van der Waals surface area contributed by atoms with E-state index in [2.05, 4.69) is 6.58 Å². The fourth-order valence-electron chi connectivity index (χ4n) is 4.30. The molecule has 1 spiro atoms. The second-order valence-electron chi connectivity index (χ2n) is 6.35. The van der Waals surface area contributed by atoms with Gasteiger partial charge in [0, 0.05) is 22.6 Å². The lowest BCUT2D eigenvalue weighted by Crippen LogP contribution is -2.46. The zero-order chi connectivity index (χ0) is 17.1. The topological polar surface area (TPSA) is 69.7 Å². The number of aliphatic carboxylic acids is 1. The molecule has 0 saturated carbocycles. The maximum Gasteiger partial charge on any atom is 0.234 e. The maximum absolute atomic E-state index is 13.1. The molecule has 0 radical (unpaired) electrons. The number of carbonyl (C=O) groups is 2. The van der Waals surface area contributed by atoms with E-state index in [9.17, 15) is 14.7 Å². The van der Waals surface area contributed by atoms with Gasteiger partial charge in [-0.25, -0.2) is 0 Å². The predicted octanol–water partition coefficient (Wildman–Crippen LogP) is 1.32. The second kappa shape index (κ2) is 5.19. The van der Waals surface area contributed by atoms with Crippen molar-refractivity contribution in [3.63, 3.8) is 0 Å². The van der Waals surface area contributed by atoms with E-state index in [4.69, 9.17) is 16.3 Å². The molecule has 24 heavy (non-hydrogen) atoms. The summed E-state index contributed by atoms with van der Waals surface area (Å²) in [7, 11) is 0. The molecule has 5 nitrogen and oxygen atoms in total. The van der Waals surface area contributed by atoms with Crippen LogP contribution in [0.25, 0.3) is 0 Å². The first-order valence-electron chi connectivity index (χ1n) is 7.77. The monoisotopic (exact) mass is 344 g/mol. The number of benzene rings is 1. The van der Waals surface area contributed by atoms with Crippen molar-refractivity contribution in [1.82, 2.24) is 0 Å². The minimum Gasteiger partial charge on any atom is -0.550 e. The zero-order valence-electron chi connectivity index (χ0n) is 12.7. The Labute approximate surface area is 144 Å². The van der Waals surface area contributed by atoms with Crippen molar-refractivity contribution in [3.05, 3.63) is 54.1 Å². The van der Waals surface area contributed by atoms with Gasteiger partial charge < -0.3 is 19.5 Å². The van der Waals surface area contributed by atoms with Crippen molar-refractivity contribution in [2.24, 2.45) is 11.8 Å². The van der Waals surface area contributed by atoms with Gasteiger partial charge in [-0.05, 0) is 24.6 Å². The minimum atomic E-state index is -1.25. The molecule has 3 heterocycles. The van der Waals surface area contributed by atoms with E-state index in [1.807, 2.05) is 6.08 Å². The third-order valence-corrected chi connectivity index (χ3v) is 5.41. The molecular weight excluding hydrogens is 330 g/mol. The summed E-state index contributed by atoms with van der Waals surface area (Å²) >= 11 is 6.06. The highest BCUT2D eigenvalue weighted by Gasteiger charge is 2.69. The highest BCUT2D eigenvalue weighted by atomic mass is 35.5. The molecule has 2 bridgehead atoms. The number of amides is 1. The van der Waals surface area contributed by atoms with E-state index in [1.165, 1.54) is 0 Å². The number of carboxylic acids is 1. The summed E-state index contributed by atoms with van der Waals surface area (Å²) in [6.07, 6.45) is 5.13. The number of rotatable bonds is 4. The predicted molar refractivity (Wildman–Crippen MR) is 86.3 cm³/mol. The average Bonchev–Trinajstić information content (AvgIpc) is 3.17. The molecule has 0 aromatic heterocycles. The van der Waals surface area contributed by atoms with Crippen LogP contribution in [-0.4, -0.2) is 29.6 Å². The molecule has 0 unspecified atom stereocenters. The summed E-state index contributed by atoms with van der Waals surface area (Å²) in [6, 6.07) is 6.58. The standard InChI is InChI=1S/C18H16ClNO4/c1-2-4-13-18-8-7-12(24-18)14(17(22)23)15(18)16(21)20(13)11-6-3-5-10(19)9-11/h2-3,5-9,12-15H,1,4H2,(H,22,23)/p-1/t12-,13-,14-,15+,18+/m0/s1. The Morgan fingerprint density at radius 3 is 2.96 bits per heavy atom. The Morgan fingerprint density at radius 1 is 1.50 bits per heavy atom. The summed E-state index contributed by atoms with van der Waals surface area (Å²) in [5, 5.41) is 12.1. The molecule has 2 saturated heterocycles. The highest BCUT2D eigenvalue weighted by molar-refractivity contribution is 6.31. The van der Waals surface area contributed by atoms with Crippen LogP contribution in [0.1, 0.15) is 6.42 Å². The van der Waals surface area contributed by atoms with Crippen molar-refractivity contribution < 1.29 is 19.4 Å². The van der Waals surface area contributed by atoms with Gasteiger partial charge in [0.05, 0.1) is 18.1 Å². The van der Waals surface area contributed by atoms with Crippen molar-refractivity contribution >= 4 is 29.2 Å². The molecule has 0 aliphatic carbocycles. The molecule has 6 heteroatoms. The van der Waals surface area contributed by atoms with Gasteiger partial charge in [-0.15, -0.1) is 6.58 Å². The van der Waals surface area contributed by atoms with Crippen molar-refractivity contribution in [1.29, 1.82) is 0 Å². The molecule has 124 valence electrons. The van der Waals surface area contributed by atoms with Crippen LogP contribution in [0.2, 0.25) is 5.02 Å². The molecule has 4 rings (SSSR count). The Morgan fingerprint density at radius 2 is 2.29 bits per heavy atom. The van der Waals surface area contributed by atoms with E-state index >= 15 is 0 Å². The SMILES string of the molecule is C=CC[C@@H]1N(c2cccc(Cl)c2)C(=O)[C@H]2[C@@H](C(=O)[O-])[C@@H]3C=C[C@@]12O3. The van der Waals surface area contributed by atoms with Crippen LogP contribution in [0.3, 0.4) is 0 Å². The van der Waals surface area contributed by atoms with Crippen LogP contribution in [0.5, 0.6) is 0 Å². The fourth-order valence-corrected chi connectivity index (χ4v) is 4.48. The number of halogens is 1.